The molecule has 22 heavy (non-hydrogen) atoms. The largest absolute Gasteiger partial charge is 0.497 e. The van der Waals surface area contributed by atoms with Crippen LogP contribution in [0.15, 0.2) is 36.4 Å². The van der Waals surface area contributed by atoms with Crippen LogP contribution in [0.1, 0.15) is 10.4 Å². The quantitative estimate of drug-likeness (QED) is 0.891. The van der Waals surface area contributed by atoms with E-state index in [0.29, 0.717) is 11.3 Å². The highest BCUT2D eigenvalue weighted by atomic mass is 19.1. The van der Waals surface area contributed by atoms with E-state index in [1.165, 1.54) is 31.4 Å². The average Bonchev–Trinajstić information content (AvgIpc) is 2.52. The first-order valence-corrected chi connectivity index (χ1v) is 6.59. The van der Waals surface area contributed by atoms with Gasteiger partial charge in [0, 0.05) is 18.2 Å². The Bertz CT molecular complexity index is 689. The molecule has 6 heteroatoms. The van der Waals surface area contributed by atoms with Crippen LogP contribution >= 0.6 is 0 Å². The molecule has 0 saturated heterocycles. The van der Waals surface area contributed by atoms with Crippen LogP contribution in [-0.2, 0) is 0 Å². The lowest BCUT2D eigenvalue weighted by molar-refractivity contribution is 0.0941. The van der Waals surface area contributed by atoms with Gasteiger partial charge in [0.05, 0.1) is 19.3 Å². The molecule has 0 unspecified atom stereocenters. The lowest BCUT2D eigenvalue weighted by Gasteiger charge is -2.09. The average molecular weight is 307 g/mol. The summed E-state index contributed by atoms with van der Waals surface area (Å²) in [5.41, 5.74) is 0.365. The first-order chi connectivity index (χ1) is 10.6. The van der Waals surface area contributed by atoms with Crippen LogP contribution in [0.3, 0.4) is 0 Å². The maximum absolute atomic E-state index is 14.0. The van der Waals surface area contributed by atoms with Gasteiger partial charge in [-0.25, -0.2) is 8.78 Å². The number of carbonyl (C=O) groups is 1. The van der Waals surface area contributed by atoms with Crippen LogP contribution in [0, 0.1) is 11.6 Å². The van der Waals surface area contributed by atoms with Crippen molar-refractivity contribution in [1.82, 2.24) is 5.32 Å². The SMILES string of the molecule is COc1ccc(-c2ccc(C(=O)NCCO)c(F)c2)c(F)c1. The Balaban J connectivity index is 2.31. The molecule has 2 aromatic rings. The Morgan fingerprint density at radius 3 is 2.55 bits per heavy atom. The normalized spacial score (nSPS) is 10.4. The number of ether oxygens (including phenoxy) is 1. The van der Waals surface area contributed by atoms with Crippen LogP contribution in [0.5, 0.6) is 5.75 Å². The van der Waals surface area contributed by atoms with Gasteiger partial charge >= 0.3 is 0 Å². The van der Waals surface area contributed by atoms with Crippen LogP contribution in [0.2, 0.25) is 0 Å². The Kier molecular flexibility index (Phi) is 5.06. The van der Waals surface area contributed by atoms with E-state index in [9.17, 15) is 13.6 Å². The predicted molar refractivity (Wildman–Crippen MR) is 77.8 cm³/mol. The van der Waals surface area contributed by atoms with Crippen molar-refractivity contribution >= 4 is 5.91 Å². The van der Waals surface area contributed by atoms with E-state index >= 15 is 0 Å². The van der Waals surface area contributed by atoms with Crippen molar-refractivity contribution in [3.8, 4) is 16.9 Å². The maximum Gasteiger partial charge on any atom is 0.254 e. The monoisotopic (exact) mass is 307 g/mol. The van der Waals surface area contributed by atoms with Crippen molar-refractivity contribution in [2.45, 2.75) is 0 Å². The Morgan fingerprint density at radius 1 is 1.18 bits per heavy atom. The minimum Gasteiger partial charge on any atom is -0.497 e. The molecular formula is C16H15F2NO3. The maximum atomic E-state index is 14.0. The molecule has 1 amide bonds. The molecule has 0 bridgehead atoms. The van der Waals surface area contributed by atoms with E-state index in [2.05, 4.69) is 5.32 Å². The highest BCUT2D eigenvalue weighted by Gasteiger charge is 2.14. The van der Waals surface area contributed by atoms with Gasteiger partial charge in [0.15, 0.2) is 0 Å². The second kappa shape index (κ2) is 7.00. The number of rotatable bonds is 5. The minimum atomic E-state index is -0.761. The summed E-state index contributed by atoms with van der Waals surface area (Å²) in [6.07, 6.45) is 0. The summed E-state index contributed by atoms with van der Waals surface area (Å²) < 4.78 is 32.9. The standard InChI is InChI=1S/C16H15F2NO3/c1-22-11-3-5-12(15(18)9-11)10-2-4-13(14(17)8-10)16(21)19-6-7-20/h2-5,8-9,20H,6-7H2,1H3,(H,19,21). The molecule has 0 aromatic heterocycles. The van der Waals surface area contributed by atoms with Crippen molar-refractivity contribution in [1.29, 1.82) is 0 Å². The van der Waals surface area contributed by atoms with Gasteiger partial charge in [0.2, 0.25) is 0 Å². The fourth-order valence-corrected chi connectivity index (χ4v) is 1.99. The van der Waals surface area contributed by atoms with Crippen LogP contribution in [0.25, 0.3) is 11.1 Å². The number of halogens is 2. The lowest BCUT2D eigenvalue weighted by atomic mass is 10.0. The van der Waals surface area contributed by atoms with E-state index in [0.717, 1.165) is 6.07 Å². The van der Waals surface area contributed by atoms with Crippen LogP contribution < -0.4 is 10.1 Å². The number of amides is 1. The molecular weight excluding hydrogens is 292 g/mol. The smallest absolute Gasteiger partial charge is 0.254 e. The second-order valence-electron chi connectivity index (χ2n) is 4.52. The molecule has 4 nitrogen and oxygen atoms in total. The molecule has 0 aliphatic rings. The minimum absolute atomic E-state index is 0.0349. The number of hydrogen-bond donors (Lipinski definition) is 2. The summed E-state index contributed by atoms with van der Waals surface area (Å²) in [6.45, 7) is -0.199. The molecule has 0 spiro atoms. The second-order valence-corrected chi connectivity index (χ2v) is 4.52. The third-order valence-electron chi connectivity index (χ3n) is 3.10. The van der Waals surface area contributed by atoms with E-state index in [-0.39, 0.29) is 24.3 Å². The van der Waals surface area contributed by atoms with Crippen molar-refractivity contribution in [2.24, 2.45) is 0 Å². The summed E-state index contributed by atoms with van der Waals surface area (Å²) in [5.74, 6) is -1.57. The number of carbonyl (C=O) groups excluding carboxylic acids is 1. The summed E-state index contributed by atoms with van der Waals surface area (Å²) >= 11 is 0. The van der Waals surface area contributed by atoms with Gasteiger partial charge in [-0.1, -0.05) is 6.07 Å². The Morgan fingerprint density at radius 2 is 1.95 bits per heavy atom. The molecule has 0 fully saturated rings. The zero-order chi connectivity index (χ0) is 16.1. The van der Waals surface area contributed by atoms with E-state index in [1.807, 2.05) is 0 Å². The Labute approximate surface area is 126 Å². The van der Waals surface area contributed by atoms with Crippen molar-refractivity contribution in [2.75, 3.05) is 20.3 Å². The molecule has 2 rings (SSSR count). The summed E-state index contributed by atoms with van der Waals surface area (Å²) in [6, 6.07) is 8.09. The predicted octanol–water partition coefficient (Wildman–Crippen LogP) is 2.36. The molecule has 0 radical (unpaired) electrons. The van der Waals surface area contributed by atoms with Gasteiger partial charge in [-0.3, -0.25) is 4.79 Å². The van der Waals surface area contributed by atoms with E-state index < -0.39 is 17.5 Å². The summed E-state index contributed by atoms with van der Waals surface area (Å²) in [5, 5.41) is 11.0. The first-order valence-electron chi connectivity index (χ1n) is 6.59. The number of aliphatic hydroxyl groups excluding tert-OH is 1. The molecule has 0 aliphatic carbocycles. The number of benzene rings is 2. The van der Waals surface area contributed by atoms with Gasteiger partial charge in [-0.2, -0.15) is 0 Å². The molecule has 0 saturated carbocycles. The van der Waals surface area contributed by atoms with Crippen LogP contribution in [-0.4, -0.2) is 31.3 Å². The van der Waals surface area contributed by atoms with Gasteiger partial charge in [0.1, 0.15) is 17.4 Å². The molecule has 0 aliphatic heterocycles. The topological polar surface area (TPSA) is 58.6 Å². The van der Waals surface area contributed by atoms with Crippen molar-refractivity contribution < 1.29 is 23.4 Å². The summed E-state index contributed by atoms with van der Waals surface area (Å²) in [4.78, 5) is 11.7. The number of nitrogens with one attached hydrogen (secondary N) is 1. The van der Waals surface area contributed by atoms with Crippen LogP contribution in [0.4, 0.5) is 8.78 Å². The summed E-state index contributed by atoms with van der Waals surface area (Å²) in [7, 11) is 1.42. The molecule has 2 aromatic carbocycles. The molecule has 0 heterocycles. The van der Waals surface area contributed by atoms with Gasteiger partial charge in [-0.15, -0.1) is 0 Å². The number of methoxy groups -OCH3 is 1. The first kappa shape index (κ1) is 15.9. The molecule has 116 valence electrons. The Hall–Kier alpha value is -2.47. The fraction of sp³-hybridized carbons (Fsp3) is 0.188. The van der Waals surface area contributed by atoms with Crippen molar-refractivity contribution in [3.63, 3.8) is 0 Å². The van der Waals surface area contributed by atoms with E-state index in [1.54, 1.807) is 6.07 Å². The van der Waals surface area contributed by atoms with Gasteiger partial charge in [0.25, 0.3) is 5.91 Å². The van der Waals surface area contributed by atoms with Crippen molar-refractivity contribution in [3.05, 3.63) is 53.6 Å². The van der Waals surface area contributed by atoms with E-state index in [4.69, 9.17) is 9.84 Å². The zero-order valence-electron chi connectivity index (χ0n) is 11.9. The molecule has 2 N–H and O–H groups in total. The molecule has 0 atom stereocenters. The van der Waals surface area contributed by atoms with Gasteiger partial charge < -0.3 is 15.2 Å². The highest BCUT2D eigenvalue weighted by molar-refractivity contribution is 5.95. The zero-order valence-corrected chi connectivity index (χ0v) is 11.9. The van der Waals surface area contributed by atoms with Gasteiger partial charge in [-0.05, 0) is 29.8 Å². The lowest BCUT2D eigenvalue weighted by Crippen LogP contribution is -2.27. The third-order valence-corrected chi connectivity index (χ3v) is 3.10. The number of aliphatic hydroxyl groups is 1. The fourth-order valence-electron chi connectivity index (χ4n) is 1.99. The number of hydrogen-bond acceptors (Lipinski definition) is 3. The highest BCUT2D eigenvalue weighted by Crippen LogP contribution is 2.27. The third kappa shape index (κ3) is 3.40.